The fraction of sp³-hybridized carbons (Fsp3) is 0.143. The molecule has 1 aromatic carbocycles. The summed E-state index contributed by atoms with van der Waals surface area (Å²) in [4.78, 5) is 18.5. The number of imidazole rings is 1. The number of aliphatic hydroxyl groups excluding tert-OH is 1. The summed E-state index contributed by atoms with van der Waals surface area (Å²) in [5, 5.41) is 11.2. The van der Waals surface area contributed by atoms with E-state index in [-0.39, 0.29) is 30.2 Å². The van der Waals surface area contributed by atoms with Crippen LogP contribution in [0.5, 0.6) is 0 Å². The lowest BCUT2D eigenvalue weighted by atomic mass is 10.1. The molecule has 6 heteroatoms. The number of benzene rings is 1. The first-order chi connectivity index (χ1) is 9.70. The summed E-state index contributed by atoms with van der Waals surface area (Å²) in [6.45, 7) is -0.0572. The molecule has 20 heavy (non-hydrogen) atoms. The van der Waals surface area contributed by atoms with Gasteiger partial charge in [0.25, 0.3) is 5.91 Å². The molecule has 1 heterocycles. The summed E-state index contributed by atoms with van der Waals surface area (Å²) < 4.78 is 13.7. The average Bonchev–Trinajstić information content (AvgIpc) is 2.96. The standard InChI is InChI=1S/C14H12FN3O2/c15-13-6-11(4-3-10(13)2-1-5-19)14(20)17-8-12-7-16-9-18-12/h3-4,6-7,9,19H,5,8H2,(H,16,18)(H,17,20). The highest BCUT2D eigenvalue weighted by atomic mass is 19.1. The van der Waals surface area contributed by atoms with Crippen LogP contribution in [0, 0.1) is 17.7 Å². The minimum absolute atomic E-state index is 0.143. The van der Waals surface area contributed by atoms with Crippen molar-refractivity contribution in [1.82, 2.24) is 15.3 Å². The van der Waals surface area contributed by atoms with Gasteiger partial charge in [-0.1, -0.05) is 11.8 Å². The van der Waals surface area contributed by atoms with Crippen LogP contribution in [0.3, 0.4) is 0 Å². The molecular weight excluding hydrogens is 261 g/mol. The van der Waals surface area contributed by atoms with E-state index in [2.05, 4.69) is 27.1 Å². The highest BCUT2D eigenvalue weighted by Gasteiger charge is 2.09. The van der Waals surface area contributed by atoms with Crippen molar-refractivity contribution in [2.24, 2.45) is 0 Å². The van der Waals surface area contributed by atoms with Crippen molar-refractivity contribution in [2.75, 3.05) is 6.61 Å². The van der Waals surface area contributed by atoms with Crippen LogP contribution >= 0.6 is 0 Å². The van der Waals surface area contributed by atoms with E-state index in [1.54, 1.807) is 6.20 Å². The van der Waals surface area contributed by atoms with Crippen LogP contribution in [0.25, 0.3) is 0 Å². The van der Waals surface area contributed by atoms with Crippen molar-refractivity contribution < 1.29 is 14.3 Å². The molecule has 3 N–H and O–H groups in total. The second kappa shape index (κ2) is 6.50. The first kappa shape index (κ1) is 13.8. The molecule has 1 amide bonds. The lowest BCUT2D eigenvalue weighted by Crippen LogP contribution is -2.23. The number of carbonyl (C=O) groups is 1. The van der Waals surface area contributed by atoms with Crippen LogP contribution in [-0.2, 0) is 6.54 Å². The molecule has 0 saturated heterocycles. The van der Waals surface area contributed by atoms with Gasteiger partial charge >= 0.3 is 0 Å². The maximum Gasteiger partial charge on any atom is 0.251 e. The zero-order valence-electron chi connectivity index (χ0n) is 10.5. The molecule has 0 aliphatic heterocycles. The third-order valence-electron chi connectivity index (χ3n) is 2.53. The van der Waals surface area contributed by atoms with Crippen molar-refractivity contribution >= 4 is 5.91 Å². The summed E-state index contributed by atoms with van der Waals surface area (Å²) in [7, 11) is 0. The van der Waals surface area contributed by atoms with E-state index in [1.807, 2.05) is 0 Å². The highest BCUT2D eigenvalue weighted by molar-refractivity contribution is 5.94. The quantitative estimate of drug-likeness (QED) is 0.725. The van der Waals surface area contributed by atoms with Gasteiger partial charge in [0.05, 0.1) is 24.1 Å². The first-order valence-corrected chi connectivity index (χ1v) is 5.85. The van der Waals surface area contributed by atoms with Gasteiger partial charge in [0, 0.05) is 11.8 Å². The zero-order valence-corrected chi connectivity index (χ0v) is 10.5. The van der Waals surface area contributed by atoms with Crippen molar-refractivity contribution in [1.29, 1.82) is 0 Å². The van der Waals surface area contributed by atoms with E-state index >= 15 is 0 Å². The number of carbonyl (C=O) groups excluding carboxylic acids is 1. The van der Waals surface area contributed by atoms with Crippen molar-refractivity contribution in [3.8, 4) is 11.8 Å². The summed E-state index contributed by atoms with van der Waals surface area (Å²) in [6, 6.07) is 4.00. The SMILES string of the molecule is O=C(NCc1cnc[nH]1)c1ccc(C#CCO)c(F)c1. The Hall–Kier alpha value is -2.65. The summed E-state index contributed by atoms with van der Waals surface area (Å²) >= 11 is 0. The third kappa shape index (κ3) is 3.43. The first-order valence-electron chi connectivity index (χ1n) is 5.85. The fourth-order valence-corrected chi connectivity index (χ4v) is 1.55. The second-order valence-electron chi connectivity index (χ2n) is 3.91. The number of rotatable bonds is 3. The molecule has 2 rings (SSSR count). The molecular formula is C14H12FN3O2. The minimum atomic E-state index is -0.597. The molecule has 0 bridgehead atoms. The second-order valence-corrected chi connectivity index (χ2v) is 3.91. The monoisotopic (exact) mass is 273 g/mol. The highest BCUT2D eigenvalue weighted by Crippen LogP contribution is 2.09. The lowest BCUT2D eigenvalue weighted by molar-refractivity contribution is 0.0950. The number of aromatic nitrogens is 2. The maximum atomic E-state index is 13.7. The van der Waals surface area contributed by atoms with Gasteiger partial charge in [0.2, 0.25) is 0 Å². The van der Waals surface area contributed by atoms with Crippen LogP contribution in [0.1, 0.15) is 21.6 Å². The predicted octanol–water partition coefficient (Wildman–Crippen LogP) is 0.823. The smallest absolute Gasteiger partial charge is 0.251 e. The number of aromatic amines is 1. The number of H-pyrrole nitrogens is 1. The number of hydrogen-bond acceptors (Lipinski definition) is 3. The molecule has 1 aromatic heterocycles. The predicted molar refractivity (Wildman–Crippen MR) is 70.1 cm³/mol. The average molecular weight is 273 g/mol. The Morgan fingerprint density at radius 1 is 1.50 bits per heavy atom. The number of nitrogens with one attached hydrogen (secondary N) is 2. The topological polar surface area (TPSA) is 78.0 Å². The Morgan fingerprint density at radius 3 is 3.00 bits per heavy atom. The molecule has 0 aliphatic rings. The Kier molecular flexibility index (Phi) is 4.47. The zero-order chi connectivity index (χ0) is 14.4. The maximum absolute atomic E-state index is 13.7. The van der Waals surface area contributed by atoms with Gasteiger partial charge in [-0.3, -0.25) is 4.79 Å². The number of hydrogen-bond donors (Lipinski definition) is 3. The van der Waals surface area contributed by atoms with Crippen molar-refractivity contribution in [2.45, 2.75) is 6.54 Å². The molecule has 0 radical (unpaired) electrons. The van der Waals surface area contributed by atoms with E-state index in [0.717, 1.165) is 11.8 Å². The molecule has 5 nitrogen and oxygen atoms in total. The van der Waals surface area contributed by atoms with Crippen LogP contribution in [0.2, 0.25) is 0 Å². The molecule has 0 spiro atoms. The summed E-state index contributed by atoms with van der Waals surface area (Å²) in [6.07, 6.45) is 3.10. The number of aliphatic hydroxyl groups is 1. The van der Waals surface area contributed by atoms with Crippen molar-refractivity contribution in [3.63, 3.8) is 0 Å². The molecule has 0 saturated carbocycles. The number of amides is 1. The van der Waals surface area contributed by atoms with Gasteiger partial charge in [0.1, 0.15) is 12.4 Å². The summed E-state index contributed by atoms with van der Waals surface area (Å²) in [5.41, 5.74) is 1.10. The Bertz CT molecular complexity index is 657. The van der Waals surface area contributed by atoms with Gasteiger partial charge in [-0.25, -0.2) is 9.37 Å². The molecule has 0 aliphatic carbocycles. The van der Waals surface area contributed by atoms with Crippen LogP contribution < -0.4 is 5.32 Å². The van der Waals surface area contributed by atoms with E-state index in [9.17, 15) is 9.18 Å². The Morgan fingerprint density at radius 2 is 2.35 bits per heavy atom. The van der Waals surface area contributed by atoms with Crippen LogP contribution in [0.4, 0.5) is 4.39 Å². The third-order valence-corrected chi connectivity index (χ3v) is 2.53. The van der Waals surface area contributed by atoms with Gasteiger partial charge in [-0.2, -0.15) is 0 Å². The van der Waals surface area contributed by atoms with E-state index < -0.39 is 5.82 Å². The Balaban J connectivity index is 2.05. The molecule has 2 aromatic rings. The largest absolute Gasteiger partial charge is 0.384 e. The molecule has 0 atom stereocenters. The Labute approximate surface area is 114 Å². The molecule has 0 fully saturated rings. The molecule has 0 unspecified atom stereocenters. The van der Waals surface area contributed by atoms with Gasteiger partial charge < -0.3 is 15.4 Å². The normalized spacial score (nSPS) is 9.70. The van der Waals surface area contributed by atoms with Crippen molar-refractivity contribution in [3.05, 3.63) is 53.4 Å². The summed E-state index contributed by atoms with van der Waals surface area (Å²) in [5.74, 6) is 3.83. The van der Waals surface area contributed by atoms with Gasteiger partial charge in [0.15, 0.2) is 0 Å². The van der Waals surface area contributed by atoms with Gasteiger partial charge in [-0.15, -0.1) is 0 Å². The van der Waals surface area contributed by atoms with Crippen LogP contribution in [-0.4, -0.2) is 27.6 Å². The lowest BCUT2D eigenvalue weighted by Gasteiger charge is -2.04. The number of halogens is 1. The molecule has 102 valence electrons. The number of nitrogens with zero attached hydrogens (tertiary/aromatic N) is 1. The van der Waals surface area contributed by atoms with Gasteiger partial charge in [-0.05, 0) is 18.2 Å². The van der Waals surface area contributed by atoms with E-state index in [4.69, 9.17) is 5.11 Å². The van der Waals surface area contributed by atoms with Crippen LogP contribution in [0.15, 0.2) is 30.7 Å². The van der Waals surface area contributed by atoms with E-state index in [1.165, 1.54) is 18.5 Å². The minimum Gasteiger partial charge on any atom is -0.384 e. The van der Waals surface area contributed by atoms with E-state index in [0.29, 0.717) is 0 Å². The fourth-order valence-electron chi connectivity index (χ4n) is 1.55.